The first kappa shape index (κ1) is 15.4. The van der Waals surface area contributed by atoms with Crippen molar-refractivity contribution in [2.45, 2.75) is 39.9 Å². The fourth-order valence-corrected chi connectivity index (χ4v) is 1.96. The average molecular weight is 285 g/mol. The number of hydrogen-bond acceptors (Lipinski definition) is 5. The number of nitrogens with zero attached hydrogens (tertiary/aromatic N) is 4. The van der Waals surface area contributed by atoms with E-state index in [0.717, 1.165) is 29.4 Å². The Kier molecular flexibility index (Phi) is 5.22. The van der Waals surface area contributed by atoms with Crippen LogP contribution in [0.25, 0.3) is 0 Å². The summed E-state index contributed by atoms with van der Waals surface area (Å²) in [5.41, 5.74) is 3.16. The molecule has 0 aliphatic carbocycles. The number of pyridine rings is 1. The quantitative estimate of drug-likeness (QED) is 0.882. The zero-order valence-electron chi connectivity index (χ0n) is 13.2. The maximum absolute atomic E-state index is 4.59. The molecule has 0 unspecified atom stereocenters. The van der Waals surface area contributed by atoms with Crippen molar-refractivity contribution in [2.75, 3.05) is 11.9 Å². The van der Waals surface area contributed by atoms with Crippen molar-refractivity contribution < 1.29 is 0 Å². The van der Waals surface area contributed by atoms with Crippen LogP contribution < -0.4 is 10.2 Å². The first-order valence-corrected chi connectivity index (χ1v) is 7.23. The monoisotopic (exact) mass is 285 g/mol. The summed E-state index contributed by atoms with van der Waals surface area (Å²) in [5, 5.41) is 3.39. The molecule has 5 nitrogen and oxygen atoms in total. The average Bonchev–Trinajstić information content (AvgIpc) is 2.46. The molecule has 0 aliphatic rings. The van der Waals surface area contributed by atoms with E-state index in [9.17, 15) is 0 Å². The highest BCUT2D eigenvalue weighted by Crippen LogP contribution is 2.12. The van der Waals surface area contributed by atoms with Gasteiger partial charge in [-0.2, -0.15) is 0 Å². The van der Waals surface area contributed by atoms with Crippen molar-refractivity contribution in [1.82, 2.24) is 20.3 Å². The van der Waals surface area contributed by atoms with Crippen LogP contribution in [0.15, 0.2) is 30.6 Å². The number of anilines is 1. The van der Waals surface area contributed by atoms with Crippen molar-refractivity contribution in [1.29, 1.82) is 0 Å². The third-order valence-electron chi connectivity index (χ3n) is 3.24. The number of aryl methyl sites for hydroxylation is 1. The zero-order chi connectivity index (χ0) is 15.2. The lowest BCUT2D eigenvalue weighted by atomic mass is 10.2. The second-order valence-electron chi connectivity index (χ2n) is 5.49. The Morgan fingerprint density at radius 2 is 2.05 bits per heavy atom. The van der Waals surface area contributed by atoms with Crippen molar-refractivity contribution in [2.24, 2.45) is 0 Å². The molecule has 0 bridgehead atoms. The summed E-state index contributed by atoms with van der Waals surface area (Å²) < 4.78 is 0. The van der Waals surface area contributed by atoms with Crippen LogP contribution in [-0.4, -0.2) is 28.0 Å². The molecule has 0 aliphatic heterocycles. The van der Waals surface area contributed by atoms with E-state index < -0.39 is 0 Å². The number of nitrogens with one attached hydrogen (secondary N) is 1. The highest BCUT2D eigenvalue weighted by atomic mass is 15.2. The highest BCUT2D eigenvalue weighted by molar-refractivity contribution is 5.32. The minimum Gasteiger partial charge on any atom is -0.338 e. The Hall–Kier alpha value is -2.01. The molecule has 0 radical (unpaired) electrons. The number of aromatic nitrogens is 3. The number of hydrogen-bond donors (Lipinski definition) is 1. The molecule has 0 atom stereocenters. The van der Waals surface area contributed by atoms with Crippen molar-refractivity contribution in [3.8, 4) is 0 Å². The van der Waals surface area contributed by atoms with Gasteiger partial charge in [0.05, 0.1) is 12.2 Å². The lowest BCUT2D eigenvalue weighted by molar-refractivity contribution is 0.584. The van der Waals surface area contributed by atoms with Gasteiger partial charge in [-0.25, -0.2) is 9.97 Å². The molecular weight excluding hydrogens is 262 g/mol. The Morgan fingerprint density at radius 3 is 2.67 bits per heavy atom. The van der Waals surface area contributed by atoms with E-state index in [1.54, 1.807) is 6.20 Å². The van der Waals surface area contributed by atoms with Crippen LogP contribution in [0.4, 0.5) is 5.95 Å². The first-order valence-electron chi connectivity index (χ1n) is 7.23. The van der Waals surface area contributed by atoms with Crippen LogP contribution in [-0.2, 0) is 13.1 Å². The van der Waals surface area contributed by atoms with E-state index in [0.29, 0.717) is 12.6 Å². The summed E-state index contributed by atoms with van der Waals surface area (Å²) in [6, 6.07) is 6.37. The Bertz CT molecular complexity index is 568. The standard InChI is InChI=1S/C16H23N5/c1-12(2)18-9-14-10-19-16(20-13(14)3)21(4)11-15-7-5-6-8-17-15/h5-8,10,12,18H,9,11H2,1-4H3. The molecule has 21 heavy (non-hydrogen) atoms. The van der Waals surface area contributed by atoms with Gasteiger partial charge >= 0.3 is 0 Å². The maximum Gasteiger partial charge on any atom is 0.225 e. The maximum atomic E-state index is 4.59. The van der Waals surface area contributed by atoms with Crippen LogP contribution in [0, 0.1) is 6.92 Å². The van der Waals surface area contributed by atoms with E-state index >= 15 is 0 Å². The van der Waals surface area contributed by atoms with Crippen molar-refractivity contribution in [3.63, 3.8) is 0 Å². The van der Waals surface area contributed by atoms with E-state index in [2.05, 4.69) is 34.1 Å². The normalized spacial score (nSPS) is 10.9. The van der Waals surface area contributed by atoms with Gasteiger partial charge in [0.25, 0.3) is 0 Å². The molecule has 0 saturated heterocycles. The summed E-state index contributed by atoms with van der Waals surface area (Å²) in [6.07, 6.45) is 3.71. The molecule has 2 aromatic heterocycles. The van der Waals surface area contributed by atoms with Gasteiger partial charge in [0, 0.05) is 43.3 Å². The predicted octanol–water partition coefficient (Wildman–Crippen LogP) is 2.31. The smallest absolute Gasteiger partial charge is 0.225 e. The topological polar surface area (TPSA) is 53.9 Å². The second-order valence-corrected chi connectivity index (χ2v) is 5.49. The predicted molar refractivity (Wildman–Crippen MR) is 85.1 cm³/mol. The van der Waals surface area contributed by atoms with Crippen LogP contribution in [0.5, 0.6) is 0 Å². The molecule has 0 amide bonds. The third kappa shape index (κ3) is 4.49. The molecule has 0 aromatic carbocycles. The Morgan fingerprint density at radius 1 is 1.24 bits per heavy atom. The summed E-state index contributed by atoms with van der Waals surface area (Å²) in [7, 11) is 1.98. The van der Waals surface area contributed by atoms with E-state index in [1.807, 2.05) is 43.3 Å². The first-order chi connectivity index (χ1) is 10.1. The molecule has 5 heteroatoms. The summed E-state index contributed by atoms with van der Waals surface area (Å²) >= 11 is 0. The molecule has 1 N–H and O–H groups in total. The van der Waals surface area contributed by atoms with Gasteiger partial charge in [0.2, 0.25) is 5.95 Å². The highest BCUT2D eigenvalue weighted by Gasteiger charge is 2.09. The van der Waals surface area contributed by atoms with Gasteiger partial charge in [0.15, 0.2) is 0 Å². The summed E-state index contributed by atoms with van der Waals surface area (Å²) in [5.74, 6) is 0.728. The van der Waals surface area contributed by atoms with Crippen molar-refractivity contribution in [3.05, 3.63) is 47.5 Å². The van der Waals surface area contributed by atoms with Gasteiger partial charge in [-0.05, 0) is 19.1 Å². The third-order valence-corrected chi connectivity index (χ3v) is 3.24. The van der Waals surface area contributed by atoms with Crippen LogP contribution in [0.1, 0.15) is 30.8 Å². The van der Waals surface area contributed by atoms with E-state index in [-0.39, 0.29) is 0 Å². The minimum absolute atomic E-state index is 0.455. The second kappa shape index (κ2) is 7.13. The molecule has 112 valence electrons. The summed E-state index contributed by atoms with van der Waals surface area (Å²) in [6.45, 7) is 7.78. The molecule has 0 fully saturated rings. The van der Waals surface area contributed by atoms with Crippen molar-refractivity contribution >= 4 is 5.95 Å². The zero-order valence-corrected chi connectivity index (χ0v) is 13.2. The SMILES string of the molecule is Cc1nc(N(C)Cc2ccccn2)ncc1CNC(C)C. The molecule has 2 aromatic rings. The van der Waals surface area contributed by atoms with Gasteiger partial charge in [-0.15, -0.1) is 0 Å². The van der Waals surface area contributed by atoms with E-state index in [4.69, 9.17) is 0 Å². The van der Waals surface area contributed by atoms with Crippen LogP contribution in [0.3, 0.4) is 0 Å². The number of rotatable bonds is 6. The van der Waals surface area contributed by atoms with E-state index in [1.165, 1.54) is 0 Å². The minimum atomic E-state index is 0.455. The molecular formula is C16H23N5. The van der Waals surface area contributed by atoms with Crippen LogP contribution >= 0.6 is 0 Å². The molecule has 0 saturated carbocycles. The molecule has 2 heterocycles. The van der Waals surface area contributed by atoms with Gasteiger partial charge < -0.3 is 10.2 Å². The van der Waals surface area contributed by atoms with Gasteiger partial charge in [-0.3, -0.25) is 4.98 Å². The van der Waals surface area contributed by atoms with Crippen LogP contribution in [0.2, 0.25) is 0 Å². The fraction of sp³-hybridized carbons (Fsp3) is 0.438. The lowest BCUT2D eigenvalue weighted by Gasteiger charge is -2.18. The Balaban J connectivity index is 2.05. The fourth-order valence-electron chi connectivity index (χ4n) is 1.96. The summed E-state index contributed by atoms with van der Waals surface area (Å²) in [4.78, 5) is 15.4. The van der Waals surface area contributed by atoms with Gasteiger partial charge in [0.1, 0.15) is 0 Å². The Labute approximate surface area is 126 Å². The molecule has 2 rings (SSSR count). The lowest BCUT2D eigenvalue weighted by Crippen LogP contribution is -2.24. The largest absolute Gasteiger partial charge is 0.338 e. The van der Waals surface area contributed by atoms with Gasteiger partial charge in [-0.1, -0.05) is 19.9 Å². The molecule has 0 spiro atoms.